The number of esters is 5. The molecule has 1 saturated heterocycles. The predicted molar refractivity (Wildman–Crippen MR) is 130 cm³/mol. The van der Waals surface area contributed by atoms with Crippen molar-refractivity contribution in [2.45, 2.75) is 98.1 Å². The first-order chi connectivity index (χ1) is 17.9. The SMILES string of the molecule is CC(=O)OC[C@H]1O[C@@H](n2nnc(C(=O)OC(C)(C)C)c2C#CC(=O)OC(C)(C)C)[C@H](OC(C)=O)[C@@H]1OC(C)=O. The van der Waals surface area contributed by atoms with Crippen LogP contribution in [-0.2, 0) is 47.6 Å². The summed E-state index contributed by atoms with van der Waals surface area (Å²) in [6.45, 7) is 12.9. The molecule has 0 saturated carbocycles. The Hall–Kier alpha value is -3.99. The molecule has 1 aliphatic heterocycles. The third-order valence-corrected chi connectivity index (χ3v) is 4.55. The Bertz CT molecular complexity index is 1180. The highest BCUT2D eigenvalue weighted by Crippen LogP contribution is 2.35. The number of carbonyl (C=O) groups is 5. The maximum Gasteiger partial charge on any atom is 0.385 e. The van der Waals surface area contributed by atoms with Crippen LogP contribution >= 0.6 is 0 Å². The summed E-state index contributed by atoms with van der Waals surface area (Å²) in [5.41, 5.74) is -2.34. The van der Waals surface area contributed by atoms with E-state index in [9.17, 15) is 24.0 Å². The summed E-state index contributed by atoms with van der Waals surface area (Å²) in [7, 11) is 0. The van der Waals surface area contributed by atoms with Gasteiger partial charge in [-0.05, 0) is 47.5 Å². The van der Waals surface area contributed by atoms with Crippen LogP contribution in [0.5, 0.6) is 0 Å². The molecule has 0 unspecified atom stereocenters. The zero-order valence-electron chi connectivity index (χ0n) is 23.3. The normalized spacial score (nSPS) is 20.7. The molecule has 0 aromatic carbocycles. The van der Waals surface area contributed by atoms with E-state index in [1.807, 2.05) is 0 Å². The van der Waals surface area contributed by atoms with Crippen molar-refractivity contribution in [2.75, 3.05) is 6.61 Å². The number of nitrogens with zero attached hydrogens (tertiary/aromatic N) is 3. The van der Waals surface area contributed by atoms with Crippen LogP contribution in [0.2, 0.25) is 0 Å². The van der Waals surface area contributed by atoms with E-state index in [1.54, 1.807) is 41.5 Å². The van der Waals surface area contributed by atoms with Crippen LogP contribution in [0.25, 0.3) is 0 Å². The average Bonchev–Trinajstić information content (AvgIpc) is 3.29. The van der Waals surface area contributed by atoms with E-state index in [0.29, 0.717) is 0 Å². The standard InChI is InChI=1S/C25H33N3O11/c1-13(29)34-12-17-20(35-14(2)30)21(36-15(3)31)22(37-17)28-16(10-11-18(32)38-24(4,5)6)19(26-27-28)23(33)39-25(7,8)9/h17,20-22H,12H2,1-9H3/t17-,20-,21-,22-/m1/s1. The lowest BCUT2D eigenvalue weighted by molar-refractivity contribution is -0.166. The lowest BCUT2D eigenvalue weighted by Gasteiger charge is -2.23. The number of ether oxygens (including phenoxy) is 6. The van der Waals surface area contributed by atoms with E-state index >= 15 is 0 Å². The first-order valence-corrected chi connectivity index (χ1v) is 11.9. The molecule has 1 aliphatic rings. The third kappa shape index (κ3) is 9.36. The van der Waals surface area contributed by atoms with Gasteiger partial charge in [-0.1, -0.05) is 5.21 Å². The van der Waals surface area contributed by atoms with Crippen molar-refractivity contribution in [2.24, 2.45) is 0 Å². The molecule has 214 valence electrons. The van der Waals surface area contributed by atoms with Gasteiger partial charge in [0.05, 0.1) is 0 Å². The van der Waals surface area contributed by atoms with Crippen molar-refractivity contribution >= 4 is 29.8 Å². The topological polar surface area (TPSA) is 171 Å². The van der Waals surface area contributed by atoms with Gasteiger partial charge in [0.25, 0.3) is 0 Å². The lowest BCUT2D eigenvalue weighted by atomic mass is 10.1. The second-order valence-electron chi connectivity index (χ2n) is 10.5. The minimum Gasteiger partial charge on any atom is -0.463 e. The number of hydrogen-bond acceptors (Lipinski definition) is 13. The van der Waals surface area contributed by atoms with Crippen LogP contribution in [0.3, 0.4) is 0 Å². The third-order valence-electron chi connectivity index (χ3n) is 4.55. The zero-order chi connectivity index (χ0) is 29.7. The lowest BCUT2D eigenvalue weighted by Crippen LogP contribution is -2.40. The fraction of sp³-hybridized carbons (Fsp3) is 0.640. The first kappa shape index (κ1) is 31.2. The molecule has 14 heteroatoms. The minimum absolute atomic E-state index is 0.230. The van der Waals surface area contributed by atoms with Crippen LogP contribution in [0.15, 0.2) is 0 Å². The fourth-order valence-electron chi connectivity index (χ4n) is 3.36. The van der Waals surface area contributed by atoms with Gasteiger partial charge in [0, 0.05) is 26.7 Å². The number of aromatic nitrogens is 3. The maximum atomic E-state index is 12.9. The first-order valence-electron chi connectivity index (χ1n) is 11.9. The summed E-state index contributed by atoms with van der Waals surface area (Å²) >= 11 is 0. The summed E-state index contributed by atoms with van der Waals surface area (Å²) in [5.74, 6) is 0.868. The largest absolute Gasteiger partial charge is 0.463 e. The molecule has 0 bridgehead atoms. The van der Waals surface area contributed by atoms with Gasteiger partial charge in [-0.3, -0.25) is 14.4 Å². The molecule has 0 amide bonds. The Morgan fingerprint density at radius 1 is 0.872 bits per heavy atom. The van der Waals surface area contributed by atoms with Crippen LogP contribution < -0.4 is 0 Å². The van der Waals surface area contributed by atoms with E-state index in [0.717, 1.165) is 18.5 Å². The molecule has 39 heavy (non-hydrogen) atoms. The van der Waals surface area contributed by atoms with E-state index < -0.39 is 65.6 Å². The Balaban J connectivity index is 2.64. The van der Waals surface area contributed by atoms with E-state index in [2.05, 4.69) is 22.2 Å². The number of hydrogen-bond donors (Lipinski definition) is 0. The molecule has 1 aromatic heterocycles. The molecule has 1 aromatic rings. The Morgan fingerprint density at radius 2 is 1.44 bits per heavy atom. The molecule has 0 radical (unpaired) electrons. The summed E-state index contributed by atoms with van der Waals surface area (Å²) < 4.78 is 33.3. The molecule has 2 heterocycles. The molecule has 2 rings (SSSR count). The highest BCUT2D eigenvalue weighted by molar-refractivity contribution is 5.92. The van der Waals surface area contributed by atoms with Crippen LogP contribution in [0.1, 0.15) is 84.7 Å². The van der Waals surface area contributed by atoms with Crippen molar-refractivity contribution in [1.82, 2.24) is 15.0 Å². The van der Waals surface area contributed by atoms with Gasteiger partial charge in [0.15, 0.2) is 18.4 Å². The van der Waals surface area contributed by atoms with Crippen molar-refractivity contribution in [3.63, 3.8) is 0 Å². The van der Waals surface area contributed by atoms with Gasteiger partial charge < -0.3 is 28.4 Å². The van der Waals surface area contributed by atoms with Gasteiger partial charge in [-0.15, -0.1) is 5.10 Å². The highest BCUT2D eigenvalue weighted by atomic mass is 16.7. The van der Waals surface area contributed by atoms with Crippen molar-refractivity contribution in [3.05, 3.63) is 11.4 Å². The summed E-state index contributed by atoms with van der Waals surface area (Å²) in [5, 5.41) is 7.82. The monoisotopic (exact) mass is 551 g/mol. The van der Waals surface area contributed by atoms with Crippen LogP contribution in [0, 0.1) is 11.8 Å². The molecule has 14 nitrogen and oxygen atoms in total. The van der Waals surface area contributed by atoms with Crippen molar-refractivity contribution in [1.29, 1.82) is 0 Å². The van der Waals surface area contributed by atoms with Gasteiger partial charge in [-0.2, -0.15) is 0 Å². The summed E-state index contributed by atoms with van der Waals surface area (Å²) in [4.78, 5) is 60.5. The van der Waals surface area contributed by atoms with E-state index in [-0.39, 0.29) is 18.0 Å². The number of carbonyl (C=O) groups excluding carboxylic acids is 5. The number of rotatable bonds is 6. The second-order valence-corrected chi connectivity index (χ2v) is 10.5. The Morgan fingerprint density at radius 3 is 1.95 bits per heavy atom. The second kappa shape index (κ2) is 12.2. The molecule has 0 N–H and O–H groups in total. The molecular weight excluding hydrogens is 518 g/mol. The molecule has 1 fully saturated rings. The quantitative estimate of drug-likeness (QED) is 0.281. The molecule has 0 aliphatic carbocycles. The zero-order valence-corrected chi connectivity index (χ0v) is 23.3. The smallest absolute Gasteiger partial charge is 0.385 e. The van der Waals surface area contributed by atoms with E-state index in [1.165, 1.54) is 6.92 Å². The summed E-state index contributed by atoms with van der Waals surface area (Å²) in [6.07, 6.45) is -5.04. The molecule has 0 spiro atoms. The average molecular weight is 552 g/mol. The van der Waals surface area contributed by atoms with Gasteiger partial charge in [0.1, 0.15) is 29.6 Å². The van der Waals surface area contributed by atoms with Crippen molar-refractivity contribution in [3.8, 4) is 11.8 Å². The molecule has 4 atom stereocenters. The van der Waals surface area contributed by atoms with Gasteiger partial charge in [0.2, 0.25) is 5.69 Å². The Labute approximate surface area is 225 Å². The van der Waals surface area contributed by atoms with Crippen molar-refractivity contribution < 1.29 is 52.4 Å². The Kier molecular flexibility index (Phi) is 9.81. The minimum atomic E-state index is -1.37. The maximum absolute atomic E-state index is 12.9. The summed E-state index contributed by atoms with van der Waals surface area (Å²) in [6, 6.07) is 0. The highest BCUT2D eigenvalue weighted by Gasteiger charge is 2.52. The fourth-order valence-corrected chi connectivity index (χ4v) is 3.36. The van der Waals surface area contributed by atoms with Crippen LogP contribution in [-0.4, -0.2) is 81.0 Å². The molecular formula is C25H33N3O11. The predicted octanol–water partition coefficient (Wildman–Crippen LogP) is 1.25. The van der Waals surface area contributed by atoms with Gasteiger partial charge >= 0.3 is 29.8 Å². The van der Waals surface area contributed by atoms with Crippen LogP contribution in [0.4, 0.5) is 0 Å². The van der Waals surface area contributed by atoms with E-state index in [4.69, 9.17) is 28.4 Å². The van der Waals surface area contributed by atoms with Gasteiger partial charge in [-0.25, -0.2) is 14.3 Å².